The van der Waals surface area contributed by atoms with Crippen LogP contribution in [0.2, 0.25) is 0 Å². The summed E-state index contributed by atoms with van der Waals surface area (Å²) in [5.74, 6) is -0.252. The molecule has 1 aromatic carbocycles. The van der Waals surface area contributed by atoms with E-state index in [0.29, 0.717) is 6.54 Å². The van der Waals surface area contributed by atoms with Crippen LogP contribution in [0.15, 0.2) is 47.3 Å². The van der Waals surface area contributed by atoms with Gasteiger partial charge in [-0.3, -0.25) is 0 Å². The number of nitrogens with two attached hydrogens (primary N) is 1. The molecule has 0 radical (unpaired) electrons. The quantitative estimate of drug-likeness (QED) is 0.832. The zero-order valence-corrected chi connectivity index (χ0v) is 8.69. The summed E-state index contributed by atoms with van der Waals surface area (Å²) in [6, 6.07) is 8.00. The van der Waals surface area contributed by atoms with Gasteiger partial charge in [0.15, 0.2) is 0 Å². The molecule has 0 saturated heterocycles. The number of halogens is 1. The largest absolute Gasteiger partial charge is 0.472 e. The Morgan fingerprint density at radius 2 is 2.00 bits per heavy atom. The number of hydrogen-bond acceptors (Lipinski definition) is 3. The van der Waals surface area contributed by atoms with E-state index in [2.05, 4.69) is 5.32 Å². The van der Waals surface area contributed by atoms with Crippen LogP contribution in [0.5, 0.6) is 0 Å². The number of benzene rings is 1. The maximum absolute atomic E-state index is 12.7. The molecule has 0 fully saturated rings. The first-order chi connectivity index (χ1) is 7.79. The lowest BCUT2D eigenvalue weighted by molar-refractivity contribution is 0.561. The molecule has 16 heavy (non-hydrogen) atoms. The lowest BCUT2D eigenvalue weighted by Crippen LogP contribution is -2.19. The van der Waals surface area contributed by atoms with Crippen molar-refractivity contribution in [3.8, 4) is 0 Å². The van der Waals surface area contributed by atoms with Crippen LogP contribution in [0.25, 0.3) is 0 Å². The summed E-state index contributed by atoms with van der Waals surface area (Å²) in [5, 5.41) is 3.21. The zero-order valence-electron chi connectivity index (χ0n) is 8.69. The molecule has 84 valence electrons. The molecular weight excluding hydrogens is 207 g/mol. The summed E-state index contributed by atoms with van der Waals surface area (Å²) in [6.45, 7) is 0.441. The van der Waals surface area contributed by atoms with Gasteiger partial charge in [0.1, 0.15) is 5.82 Å². The van der Waals surface area contributed by atoms with Gasteiger partial charge in [0.05, 0.1) is 18.6 Å². The molecule has 0 saturated carbocycles. The van der Waals surface area contributed by atoms with Crippen LogP contribution in [0.4, 0.5) is 10.1 Å². The standard InChI is InChI=1S/C12H13FN2O/c13-10-1-3-11(4-2-10)15-12(7-14)9-5-6-16-8-9/h1-6,8,12,15H,7,14H2. The van der Waals surface area contributed by atoms with Gasteiger partial charge in [-0.15, -0.1) is 0 Å². The minimum Gasteiger partial charge on any atom is -0.472 e. The van der Waals surface area contributed by atoms with Gasteiger partial charge in [-0.1, -0.05) is 0 Å². The van der Waals surface area contributed by atoms with Crippen LogP contribution in [0, 0.1) is 5.82 Å². The first-order valence-electron chi connectivity index (χ1n) is 5.04. The third-order valence-corrected chi connectivity index (χ3v) is 2.37. The molecule has 0 aliphatic carbocycles. The second kappa shape index (κ2) is 4.81. The average Bonchev–Trinajstić information content (AvgIpc) is 2.82. The molecule has 1 unspecified atom stereocenters. The van der Waals surface area contributed by atoms with Crippen LogP contribution < -0.4 is 11.1 Å². The summed E-state index contributed by atoms with van der Waals surface area (Å²) in [7, 11) is 0. The van der Waals surface area contributed by atoms with Crippen LogP contribution in [0.1, 0.15) is 11.6 Å². The molecular formula is C12H13FN2O. The fourth-order valence-electron chi connectivity index (χ4n) is 1.50. The zero-order chi connectivity index (χ0) is 11.4. The van der Waals surface area contributed by atoms with Gasteiger partial charge >= 0.3 is 0 Å². The van der Waals surface area contributed by atoms with Gasteiger partial charge in [0, 0.05) is 17.8 Å². The Hall–Kier alpha value is -1.81. The number of nitrogens with one attached hydrogen (secondary N) is 1. The van der Waals surface area contributed by atoms with Crippen molar-refractivity contribution in [3.63, 3.8) is 0 Å². The predicted molar refractivity (Wildman–Crippen MR) is 60.5 cm³/mol. The first-order valence-corrected chi connectivity index (χ1v) is 5.04. The third-order valence-electron chi connectivity index (χ3n) is 2.37. The summed E-state index contributed by atoms with van der Waals surface area (Å²) in [6.07, 6.45) is 3.25. The topological polar surface area (TPSA) is 51.2 Å². The van der Waals surface area contributed by atoms with E-state index in [1.165, 1.54) is 12.1 Å². The van der Waals surface area contributed by atoms with Crippen LogP contribution >= 0.6 is 0 Å². The van der Waals surface area contributed by atoms with E-state index in [4.69, 9.17) is 10.2 Å². The Kier molecular flexibility index (Phi) is 3.22. The molecule has 2 rings (SSSR count). The number of hydrogen-bond donors (Lipinski definition) is 2. The molecule has 0 aliphatic rings. The van der Waals surface area contributed by atoms with E-state index >= 15 is 0 Å². The smallest absolute Gasteiger partial charge is 0.123 e. The molecule has 0 bridgehead atoms. The fourth-order valence-corrected chi connectivity index (χ4v) is 1.50. The number of furan rings is 1. The van der Waals surface area contributed by atoms with Gasteiger partial charge in [-0.25, -0.2) is 4.39 Å². The van der Waals surface area contributed by atoms with Crippen LogP contribution in [0.3, 0.4) is 0 Å². The fraction of sp³-hybridized carbons (Fsp3) is 0.167. The van der Waals surface area contributed by atoms with Gasteiger partial charge in [0.2, 0.25) is 0 Å². The van der Waals surface area contributed by atoms with Gasteiger partial charge < -0.3 is 15.5 Å². The summed E-state index contributed by atoms with van der Waals surface area (Å²) in [5.41, 5.74) is 7.47. The predicted octanol–water partition coefficient (Wildman–Crippen LogP) is 2.53. The SMILES string of the molecule is NCC(Nc1ccc(F)cc1)c1ccoc1. The average molecular weight is 220 g/mol. The molecule has 1 aromatic heterocycles. The Morgan fingerprint density at radius 3 is 2.56 bits per heavy atom. The Labute approximate surface area is 93.1 Å². The maximum atomic E-state index is 12.7. The normalized spacial score (nSPS) is 12.4. The third kappa shape index (κ3) is 2.41. The summed E-state index contributed by atoms with van der Waals surface area (Å²) >= 11 is 0. The molecule has 0 spiro atoms. The Bertz CT molecular complexity index is 425. The molecule has 0 amide bonds. The second-order valence-corrected chi connectivity index (χ2v) is 3.50. The van der Waals surface area contributed by atoms with Crippen molar-refractivity contribution in [2.24, 2.45) is 5.73 Å². The first kappa shape index (κ1) is 10.7. The van der Waals surface area contributed by atoms with E-state index in [1.54, 1.807) is 24.7 Å². The highest BCUT2D eigenvalue weighted by molar-refractivity contribution is 5.45. The van der Waals surface area contributed by atoms with Gasteiger partial charge in [-0.2, -0.15) is 0 Å². The van der Waals surface area contributed by atoms with Crippen molar-refractivity contribution >= 4 is 5.69 Å². The van der Waals surface area contributed by atoms with Crippen LogP contribution in [-0.2, 0) is 0 Å². The van der Waals surface area contributed by atoms with Crippen molar-refractivity contribution in [1.82, 2.24) is 0 Å². The molecule has 1 heterocycles. The highest BCUT2D eigenvalue weighted by Gasteiger charge is 2.10. The van der Waals surface area contributed by atoms with E-state index in [9.17, 15) is 4.39 Å². The lowest BCUT2D eigenvalue weighted by atomic mass is 10.1. The van der Waals surface area contributed by atoms with Crippen LogP contribution in [-0.4, -0.2) is 6.54 Å². The van der Waals surface area contributed by atoms with Crippen molar-refractivity contribution in [3.05, 3.63) is 54.2 Å². The summed E-state index contributed by atoms with van der Waals surface area (Å²) in [4.78, 5) is 0. The minimum absolute atomic E-state index is 0.0239. The summed E-state index contributed by atoms with van der Waals surface area (Å²) < 4.78 is 17.7. The Morgan fingerprint density at radius 1 is 1.25 bits per heavy atom. The van der Waals surface area contributed by atoms with E-state index < -0.39 is 0 Å². The van der Waals surface area contributed by atoms with Crippen molar-refractivity contribution in [2.75, 3.05) is 11.9 Å². The minimum atomic E-state index is -0.252. The van der Waals surface area contributed by atoms with Crippen molar-refractivity contribution in [2.45, 2.75) is 6.04 Å². The molecule has 3 N–H and O–H groups in total. The molecule has 2 aromatic rings. The van der Waals surface area contributed by atoms with E-state index in [-0.39, 0.29) is 11.9 Å². The van der Waals surface area contributed by atoms with Gasteiger partial charge in [0.25, 0.3) is 0 Å². The highest BCUT2D eigenvalue weighted by atomic mass is 19.1. The van der Waals surface area contributed by atoms with Crippen molar-refractivity contribution in [1.29, 1.82) is 0 Å². The Balaban J connectivity index is 2.10. The van der Waals surface area contributed by atoms with Crippen molar-refractivity contribution < 1.29 is 8.81 Å². The number of anilines is 1. The monoisotopic (exact) mass is 220 g/mol. The molecule has 3 nitrogen and oxygen atoms in total. The molecule has 4 heteroatoms. The number of rotatable bonds is 4. The van der Waals surface area contributed by atoms with Gasteiger partial charge in [-0.05, 0) is 30.3 Å². The van der Waals surface area contributed by atoms with E-state index in [1.807, 2.05) is 6.07 Å². The maximum Gasteiger partial charge on any atom is 0.123 e. The molecule has 1 atom stereocenters. The van der Waals surface area contributed by atoms with E-state index in [0.717, 1.165) is 11.3 Å². The molecule has 0 aliphatic heterocycles. The lowest BCUT2D eigenvalue weighted by Gasteiger charge is -2.16. The highest BCUT2D eigenvalue weighted by Crippen LogP contribution is 2.19. The second-order valence-electron chi connectivity index (χ2n) is 3.50.